The van der Waals surface area contributed by atoms with E-state index in [9.17, 15) is 19.5 Å². The van der Waals surface area contributed by atoms with E-state index >= 15 is 4.79 Å². The molecule has 7 atom stereocenters. The Kier molecular flexibility index (Phi) is 8.48. The van der Waals surface area contributed by atoms with Crippen LogP contribution in [0.3, 0.4) is 0 Å². The van der Waals surface area contributed by atoms with Gasteiger partial charge in [-0.15, -0.1) is 0 Å². The van der Waals surface area contributed by atoms with Crippen LogP contribution in [0.25, 0.3) is 0 Å². The standard InChI is InChI=1S/C39H46O9/c1-20(2)10-9-11-25-13-15-26-32(46-25)27(14-12-21(3)4)34-30(33(26)45-23(6)40)31(41)28-18-24-19-29-37(7,8)48-38(35(24)42,39(28,29)47-34)17-16-22(5)36(43)44/h10,12-13,15-16,18,24-26,29,32H,9,11,14,17,19H2,1-8H3,(H,43,44)/b22-16+. The van der Waals surface area contributed by atoms with Crippen LogP contribution in [0.15, 0.2) is 81.4 Å². The van der Waals surface area contributed by atoms with Crippen molar-refractivity contribution in [1.82, 2.24) is 0 Å². The van der Waals surface area contributed by atoms with E-state index in [2.05, 4.69) is 26.0 Å². The number of Topliss-reactive ketones (excluding diaryl/α,β-unsaturated/α-hetero) is 2. The molecular formula is C39H46O9. The maximum Gasteiger partial charge on any atom is 0.330 e. The van der Waals surface area contributed by atoms with Gasteiger partial charge in [0.1, 0.15) is 17.1 Å². The Labute approximate surface area is 282 Å². The van der Waals surface area contributed by atoms with E-state index in [1.54, 1.807) is 6.08 Å². The zero-order valence-electron chi connectivity index (χ0n) is 29.1. The van der Waals surface area contributed by atoms with Gasteiger partial charge < -0.3 is 24.1 Å². The SMILES string of the molecule is CC(=O)OC1=C2C(=O)C3=CC4CC5C(C)(C)OC(C/C=C(\C)C(=O)O)(C4=O)C35OC2=C(CC=C(C)C)C2OC(CCC=C(C)C)C=CC12. The molecule has 2 saturated heterocycles. The zero-order valence-corrected chi connectivity index (χ0v) is 29.1. The van der Waals surface area contributed by atoms with Gasteiger partial charge in [0.25, 0.3) is 0 Å². The highest BCUT2D eigenvalue weighted by Crippen LogP contribution is 2.69. The number of hydrogen-bond acceptors (Lipinski definition) is 8. The van der Waals surface area contributed by atoms with Crippen LogP contribution in [0.2, 0.25) is 0 Å². The van der Waals surface area contributed by atoms with Gasteiger partial charge in [0.05, 0.1) is 23.7 Å². The third-order valence-electron chi connectivity index (χ3n) is 10.7. The molecule has 7 unspecified atom stereocenters. The zero-order chi connectivity index (χ0) is 34.9. The van der Waals surface area contributed by atoms with E-state index in [0.29, 0.717) is 18.4 Å². The molecule has 3 aliphatic heterocycles. The summed E-state index contributed by atoms with van der Waals surface area (Å²) >= 11 is 0. The van der Waals surface area contributed by atoms with Gasteiger partial charge in [-0.05, 0) is 74.1 Å². The number of fused-ring (bicyclic) bond motifs is 2. The first-order valence-electron chi connectivity index (χ1n) is 16.9. The normalized spacial score (nSPS) is 34.1. The molecule has 0 aromatic rings. The topological polar surface area (TPSA) is 125 Å². The summed E-state index contributed by atoms with van der Waals surface area (Å²) in [5.41, 5.74) is -0.492. The number of carboxylic acid groups (broad SMARTS) is 1. The highest BCUT2D eigenvalue weighted by Gasteiger charge is 2.81. The van der Waals surface area contributed by atoms with E-state index < -0.39 is 52.6 Å². The summed E-state index contributed by atoms with van der Waals surface area (Å²) < 4.78 is 26.7. The summed E-state index contributed by atoms with van der Waals surface area (Å²) in [4.78, 5) is 53.9. The van der Waals surface area contributed by atoms with E-state index in [1.807, 2.05) is 39.8 Å². The second-order valence-electron chi connectivity index (χ2n) is 15.0. The van der Waals surface area contributed by atoms with Crippen LogP contribution in [0, 0.1) is 17.8 Å². The summed E-state index contributed by atoms with van der Waals surface area (Å²) in [6, 6.07) is 0. The van der Waals surface area contributed by atoms with E-state index in [1.165, 1.54) is 25.5 Å². The van der Waals surface area contributed by atoms with Crippen molar-refractivity contribution in [2.24, 2.45) is 17.8 Å². The third kappa shape index (κ3) is 5.12. The number of carboxylic acids is 1. The lowest BCUT2D eigenvalue weighted by molar-refractivity contribution is -0.183. The van der Waals surface area contributed by atoms with Crippen LogP contribution >= 0.6 is 0 Å². The fourth-order valence-corrected chi connectivity index (χ4v) is 8.59. The van der Waals surface area contributed by atoms with Gasteiger partial charge in [-0.3, -0.25) is 14.4 Å². The fraction of sp³-hybridized carbons (Fsp3) is 0.538. The molecule has 1 saturated carbocycles. The van der Waals surface area contributed by atoms with Gasteiger partial charge in [-0.2, -0.15) is 0 Å². The highest BCUT2D eigenvalue weighted by molar-refractivity contribution is 6.17. The number of ether oxygens (including phenoxy) is 4. The molecular weight excluding hydrogens is 612 g/mol. The Morgan fingerprint density at radius 2 is 1.73 bits per heavy atom. The maximum atomic E-state index is 15.0. The molecule has 0 radical (unpaired) electrons. The Bertz CT molecular complexity index is 1700. The Morgan fingerprint density at radius 1 is 1.02 bits per heavy atom. The van der Waals surface area contributed by atoms with Gasteiger partial charge in [0.2, 0.25) is 0 Å². The molecule has 48 heavy (non-hydrogen) atoms. The van der Waals surface area contributed by atoms with Crippen molar-refractivity contribution in [3.63, 3.8) is 0 Å². The van der Waals surface area contributed by atoms with Crippen LogP contribution in [0.1, 0.15) is 87.5 Å². The van der Waals surface area contributed by atoms with Gasteiger partial charge >= 0.3 is 11.9 Å². The minimum absolute atomic E-state index is 0.0655. The van der Waals surface area contributed by atoms with Crippen LogP contribution in [-0.4, -0.2) is 57.6 Å². The quantitative estimate of drug-likeness (QED) is 0.166. The summed E-state index contributed by atoms with van der Waals surface area (Å²) in [7, 11) is 0. The second kappa shape index (κ2) is 11.9. The number of carbonyl (C=O) groups excluding carboxylic acids is 3. The fourth-order valence-electron chi connectivity index (χ4n) is 8.59. The largest absolute Gasteiger partial charge is 0.478 e. The van der Waals surface area contributed by atoms with Crippen molar-refractivity contribution >= 4 is 23.5 Å². The van der Waals surface area contributed by atoms with Crippen LogP contribution in [-0.2, 0) is 38.1 Å². The van der Waals surface area contributed by atoms with E-state index in [0.717, 1.165) is 24.0 Å². The first-order valence-corrected chi connectivity index (χ1v) is 16.9. The lowest BCUT2D eigenvalue weighted by atomic mass is 9.50. The van der Waals surface area contributed by atoms with Gasteiger partial charge in [0.15, 0.2) is 22.8 Å². The predicted molar refractivity (Wildman–Crippen MR) is 177 cm³/mol. The van der Waals surface area contributed by atoms with Crippen molar-refractivity contribution in [3.8, 4) is 0 Å². The van der Waals surface area contributed by atoms with Crippen LogP contribution < -0.4 is 0 Å². The lowest BCUT2D eigenvalue weighted by Gasteiger charge is -2.57. The molecule has 1 N–H and O–H groups in total. The van der Waals surface area contributed by atoms with Crippen molar-refractivity contribution in [2.45, 2.75) is 117 Å². The molecule has 7 aliphatic rings. The molecule has 7 rings (SSSR count). The number of allylic oxidation sites excluding steroid dienone is 6. The highest BCUT2D eigenvalue weighted by atomic mass is 16.6. The van der Waals surface area contributed by atoms with E-state index in [4.69, 9.17) is 18.9 Å². The van der Waals surface area contributed by atoms with Crippen molar-refractivity contribution in [2.75, 3.05) is 0 Å². The first-order chi connectivity index (χ1) is 22.5. The van der Waals surface area contributed by atoms with E-state index in [-0.39, 0.29) is 46.8 Å². The Hall–Kier alpha value is -3.82. The first kappa shape index (κ1) is 34.1. The summed E-state index contributed by atoms with van der Waals surface area (Å²) in [6.45, 7) is 14.7. The molecule has 4 aliphatic carbocycles. The van der Waals surface area contributed by atoms with Crippen LogP contribution in [0.4, 0.5) is 0 Å². The van der Waals surface area contributed by atoms with Crippen molar-refractivity contribution < 1.29 is 43.2 Å². The Balaban J connectivity index is 1.59. The minimum atomic E-state index is -1.64. The average Bonchev–Trinajstić information content (AvgIpc) is 3.15. The number of carbonyl (C=O) groups is 4. The summed E-state index contributed by atoms with van der Waals surface area (Å²) in [5.74, 6) is -3.38. The number of ketones is 2. The van der Waals surface area contributed by atoms with Gasteiger partial charge in [-0.1, -0.05) is 47.6 Å². The number of hydrogen-bond donors (Lipinski definition) is 1. The molecule has 4 bridgehead atoms. The lowest BCUT2D eigenvalue weighted by Crippen LogP contribution is -2.71. The summed E-state index contributed by atoms with van der Waals surface area (Å²) in [6.07, 6.45) is 12.9. The maximum absolute atomic E-state index is 15.0. The molecule has 0 aromatic carbocycles. The number of aliphatic carboxylic acids is 1. The molecule has 1 spiro atoms. The minimum Gasteiger partial charge on any atom is -0.478 e. The molecule has 9 nitrogen and oxygen atoms in total. The third-order valence-corrected chi connectivity index (χ3v) is 10.7. The molecule has 3 fully saturated rings. The van der Waals surface area contributed by atoms with Crippen molar-refractivity contribution in [1.29, 1.82) is 0 Å². The molecule has 0 amide bonds. The van der Waals surface area contributed by atoms with Crippen molar-refractivity contribution in [3.05, 3.63) is 81.4 Å². The smallest absolute Gasteiger partial charge is 0.330 e. The van der Waals surface area contributed by atoms with Crippen LogP contribution in [0.5, 0.6) is 0 Å². The number of rotatable bonds is 9. The second-order valence-corrected chi connectivity index (χ2v) is 15.0. The predicted octanol–water partition coefficient (Wildman–Crippen LogP) is 6.57. The summed E-state index contributed by atoms with van der Waals surface area (Å²) in [5, 5.41) is 9.68. The van der Waals surface area contributed by atoms with Gasteiger partial charge in [-0.25, -0.2) is 4.79 Å². The monoisotopic (exact) mass is 658 g/mol. The molecule has 3 heterocycles. The Morgan fingerprint density at radius 3 is 2.38 bits per heavy atom. The van der Waals surface area contributed by atoms with Gasteiger partial charge in [0, 0.05) is 41.9 Å². The molecule has 256 valence electrons. The number of esters is 1. The molecule has 9 heteroatoms. The average molecular weight is 659 g/mol. The molecule has 0 aromatic heterocycles.